The number of carbonyl (C=O) groups is 2. The molecule has 3 rings (SSSR count). The third-order valence-electron chi connectivity index (χ3n) is 5.06. The van der Waals surface area contributed by atoms with E-state index in [0.717, 1.165) is 42.6 Å². The third-order valence-corrected chi connectivity index (χ3v) is 5.06. The molecule has 0 unspecified atom stereocenters. The van der Waals surface area contributed by atoms with Crippen molar-refractivity contribution in [1.29, 1.82) is 0 Å². The average molecular weight is 383 g/mol. The molecule has 6 nitrogen and oxygen atoms in total. The third kappa shape index (κ3) is 5.09. The number of rotatable bonds is 6. The molecule has 1 aliphatic carbocycles. The molecule has 1 aliphatic rings. The molecule has 148 valence electrons. The zero-order valence-corrected chi connectivity index (χ0v) is 16.4. The van der Waals surface area contributed by atoms with Crippen LogP contribution in [-0.4, -0.2) is 32.1 Å². The summed E-state index contributed by atoms with van der Waals surface area (Å²) in [5, 5.41) is 3.11. The van der Waals surface area contributed by atoms with E-state index in [1.54, 1.807) is 23.9 Å². The lowest BCUT2D eigenvalue weighted by Crippen LogP contribution is -2.46. The lowest BCUT2D eigenvalue weighted by Gasteiger charge is -2.22. The van der Waals surface area contributed by atoms with Gasteiger partial charge in [0.1, 0.15) is 11.3 Å². The topological polar surface area (TPSA) is 68.5 Å². The summed E-state index contributed by atoms with van der Waals surface area (Å²) < 4.78 is 11.8. The minimum Gasteiger partial charge on any atom is -0.497 e. The number of nitrogens with one attached hydrogen (secondary N) is 1. The summed E-state index contributed by atoms with van der Waals surface area (Å²) in [6.07, 6.45) is 9.17. The number of pyridine rings is 1. The predicted octanol–water partition coefficient (Wildman–Crippen LogP) is 2.89. The molecule has 28 heavy (non-hydrogen) atoms. The van der Waals surface area contributed by atoms with Gasteiger partial charge in [0.25, 0.3) is 5.91 Å². The van der Waals surface area contributed by atoms with E-state index in [1.165, 1.54) is 13.5 Å². The monoisotopic (exact) mass is 383 g/mol. The minimum atomic E-state index is -0.434. The molecular weight excluding hydrogens is 356 g/mol. The van der Waals surface area contributed by atoms with Gasteiger partial charge in [0.15, 0.2) is 12.4 Å². The fraction of sp³-hybridized carbons (Fsp3) is 0.409. The molecule has 1 aromatic carbocycles. The van der Waals surface area contributed by atoms with Gasteiger partial charge in [-0.2, -0.15) is 4.57 Å². The summed E-state index contributed by atoms with van der Waals surface area (Å²) in [6, 6.07) is 9.58. The van der Waals surface area contributed by atoms with Gasteiger partial charge in [0.2, 0.25) is 6.54 Å². The van der Waals surface area contributed by atoms with Crippen LogP contribution in [0.4, 0.5) is 0 Å². The number of hydrogen-bond acceptors (Lipinski definition) is 4. The van der Waals surface area contributed by atoms with Gasteiger partial charge in [-0.3, -0.25) is 4.79 Å². The molecule has 6 heteroatoms. The van der Waals surface area contributed by atoms with Crippen LogP contribution in [-0.2, 0) is 16.1 Å². The number of benzene rings is 1. The van der Waals surface area contributed by atoms with E-state index in [-0.39, 0.29) is 18.5 Å². The molecule has 0 radical (unpaired) electrons. The zero-order chi connectivity index (χ0) is 19.9. The second-order valence-corrected chi connectivity index (χ2v) is 7.11. The van der Waals surface area contributed by atoms with Crippen LogP contribution in [0.2, 0.25) is 0 Å². The van der Waals surface area contributed by atoms with Crippen LogP contribution in [0.5, 0.6) is 5.75 Å². The maximum Gasteiger partial charge on any atom is 0.343 e. The van der Waals surface area contributed by atoms with Crippen molar-refractivity contribution in [3.05, 3.63) is 48.3 Å². The molecule has 0 atom stereocenters. The first kappa shape index (κ1) is 19.9. The normalized spacial score (nSPS) is 14.4. The second kappa shape index (κ2) is 9.35. The van der Waals surface area contributed by atoms with Crippen molar-refractivity contribution in [3.8, 4) is 16.9 Å². The maximum atomic E-state index is 12.5. The molecule has 1 fully saturated rings. The molecule has 0 saturated heterocycles. The first-order valence-electron chi connectivity index (χ1n) is 9.65. The molecular formula is C22H27N2O4+. The molecule has 0 aliphatic heterocycles. The van der Waals surface area contributed by atoms with Crippen molar-refractivity contribution in [2.24, 2.45) is 0 Å². The van der Waals surface area contributed by atoms with Crippen molar-refractivity contribution < 1.29 is 23.6 Å². The highest BCUT2D eigenvalue weighted by molar-refractivity contribution is 5.90. The van der Waals surface area contributed by atoms with Crippen LogP contribution in [0.15, 0.2) is 42.7 Å². The molecule has 1 heterocycles. The van der Waals surface area contributed by atoms with Crippen molar-refractivity contribution in [2.75, 3.05) is 14.2 Å². The fourth-order valence-corrected chi connectivity index (χ4v) is 3.58. The zero-order valence-electron chi connectivity index (χ0n) is 16.4. The molecule has 0 spiro atoms. The first-order chi connectivity index (χ1) is 13.6. The largest absolute Gasteiger partial charge is 0.497 e. The predicted molar refractivity (Wildman–Crippen MR) is 105 cm³/mol. The van der Waals surface area contributed by atoms with E-state index in [9.17, 15) is 9.59 Å². The van der Waals surface area contributed by atoms with E-state index in [4.69, 9.17) is 9.47 Å². The number of esters is 1. The molecule has 0 bridgehead atoms. The number of methoxy groups -OCH3 is 2. The second-order valence-electron chi connectivity index (χ2n) is 7.11. The summed E-state index contributed by atoms with van der Waals surface area (Å²) in [6.45, 7) is 0.157. The van der Waals surface area contributed by atoms with Crippen LogP contribution in [0.25, 0.3) is 11.1 Å². The van der Waals surface area contributed by atoms with Crippen molar-refractivity contribution >= 4 is 11.9 Å². The van der Waals surface area contributed by atoms with E-state index < -0.39 is 5.97 Å². The Morgan fingerprint density at radius 2 is 1.75 bits per heavy atom. The van der Waals surface area contributed by atoms with Crippen LogP contribution in [0.1, 0.15) is 42.5 Å². The number of aromatic nitrogens is 1. The Hall–Kier alpha value is -2.89. The average Bonchev–Trinajstić information content (AvgIpc) is 2.73. The lowest BCUT2D eigenvalue weighted by atomic mass is 9.95. The molecule has 1 N–H and O–H groups in total. The van der Waals surface area contributed by atoms with E-state index in [0.29, 0.717) is 5.56 Å². The van der Waals surface area contributed by atoms with Crippen LogP contribution < -0.4 is 14.6 Å². The molecule has 2 aromatic rings. The number of hydrogen-bond donors (Lipinski definition) is 1. The Bertz CT molecular complexity index is 827. The highest BCUT2D eigenvalue weighted by atomic mass is 16.5. The number of amides is 1. The Kier molecular flexibility index (Phi) is 6.63. The van der Waals surface area contributed by atoms with Crippen LogP contribution in [0, 0.1) is 0 Å². The van der Waals surface area contributed by atoms with Crippen molar-refractivity contribution in [2.45, 2.75) is 44.7 Å². The van der Waals surface area contributed by atoms with Crippen LogP contribution in [0.3, 0.4) is 0 Å². The van der Waals surface area contributed by atoms with Gasteiger partial charge in [-0.1, -0.05) is 31.4 Å². The van der Waals surface area contributed by atoms with Gasteiger partial charge in [-0.25, -0.2) is 4.79 Å². The summed E-state index contributed by atoms with van der Waals surface area (Å²) in [5.41, 5.74) is 2.16. The summed E-state index contributed by atoms with van der Waals surface area (Å²) in [5.74, 6) is 0.281. The van der Waals surface area contributed by atoms with Gasteiger partial charge in [0, 0.05) is 11.6 Å². The first-order valence-corrected chi connectivity index (χ1v) is 9.65. The summed E-state index contributed by atoms with van der Waals surface area (Å²) in [4.78, 5) is 24.6. The highest BCUT2D eigenvalue weighted by Crippen LogP contribution is 2.22. The summed E-state index contributed by atoms with van der Waals surface area (Å²) in [7, 11) is 2.97. The number of ether oxygens (including phenoxy) is 2. The minimum absolute atomic E-state index is 0.0420. The smallest absolute Gasteiger partial charge is 0.343 e. The Labute approximate surface area is 165 Å². The van der Waals surface area contributed by atoms with Gasteiger partial charge in [-0.05, 0) is 36.6 Å². The van der Waals surface area contributed by atoms with E-state index in [1.807, 2.05) is 30.5 Å². The van der Waals surface area contributed by atoms with Gasteiger partial charge in [0.05, 0.1) is 14.2 Å². The molecule has 1 saturated carbocycles. The van der Waals surface area contributed by atoms with E-state index >= 15 is 0 Å². The van der Waals surface area contributed by atoms with Crippen LogP contribution >= 0.6 is 0 Å². The number of carbonyl (C=O) groups excluding carboxylic acids is 2. The SMILES string of the molecule is COC(=O)c1cc(-c2ccc(OC)cc2)c[n+](CC(=O)NC2CCCCC2)c1. The molecule has 1 amide bonds. The van der Waals surface area contributed by atoms with Crippen molar-refractivity contribution in [3.63, 3.8) is 0 Å². The van der Waals surface area contributed by atoms with Crippen molar-refractivity contribution in [1.82, 2.24) is 5.32 Å². The fourth-order valence-electron chi connectivity index (χ4n) is 3.58. The quantitative estimate of drug-likeness (QED) is 0.615. The Balaban J connectivity index is 1.82. The van der Waals surface area contributed by atoms with Gasteiger partial charge < -0.3 is 14.8 Å². The lowest BCUT2D eigenvalue weighted by molar-refractivity contribution is -0.684. The maximum absolute atomic E-state index is 12.5. The number of nitrogens with zero attached hydrogens (tertiary/aromatic N) is 1. The van der Waals surface area contributed by atoms with Gasteiger partial charge in [-0.15, -0.1) is 0 Å². The summed E-state index contributed by atoms with van der Waals surface area (Å²) >= 11 is 0. The Morgan fingerprint density at radius 1 is 1.04 bits per heavy atom. The van der Waals surface area contributed by atoms with Gasteiger partial charge >= 0.3 is 5.97 Å². The standard InChI is InChI=1S/C22H26N2O4/c1-27-20-10-8-16(9-11-20)17-12-18(22(26)28-2)14-24(13-17)15-21(25)23-19-6-4-3-5-7-19/h8-14,19H,3-7,15H2,1-2H3/p+1. The Morgan fingerprint density at radius 3 is 2.39 bits per heavy atom. The molecule has 1 aromatic heterocycles. The highest BCUT2D eigenvalue weighted by Gasteiger charge is 2.20. The van der Waals surface area contributed by atoms with E-state index in [2.05, 4.69) is 5.32 Å².